The Bertz CT molecular complexity index is 1310. The quantitative estimate of drug-likeness (QED) is 0.413. The second-order valence-electron chi connectivity index (χ2n) is 6.88. The molecular weight excluding hydrogens is 580 g/mol. The minimum Gasteiger partial charge on any atom is -0.199 e. The molecule has 0 amide bonds. The first-order valence-electron chi connectivity index (χ1n) is 9.38. The number of fused-ring (bicyclic) bond motifs is 1. The maximum Gasteiger partial charge on any atom is 0.282 e. The molecule has 0 N–H and O–H groups in total. The van der Waals surface area contributed by atoms with Gasteiger partial charge in [0.05, 0.1) is 30.9 Å². The van der Waals surface area contributed by atoms with Gasteiger partial charge in [0.25, 0.3) is 20.0 Å². The van der Waals surface area contributed by atoms with E-state index in [1.807, 2.05) is 0 Å². The maximum absolute atomic E-state index is 12.9. The van der Waals surface area contributed by atoms with Gasteiger partial charge >= 0.3 is 0 Å². The summed E-state index contributed by atoms with van der Waals surface area (Å²) >= 11 is 7.00. The van der Waals surface area contributed by atoms with Crippen LogP contribution in [-0.2, 0) is 20.0 Å². The van der Waals surface area contributed by atoms with Gasteiger partial charge in [-0.2, -0.15) is 25.6 Å². The molecule has 2 atom stereocenters. The van der Waals surface area contributed by atoms with Crippen LogP contribution in [0.1, 0.15) is 11.1 Å². The molecule has 164 valence electrons. The Morgan fingerprint density at radius 3 is 1.19 bits per heavy atom. The maximum atomic E-state index is 12.9. The molecule has 4 rings (SSSR count). The molecule has 0 saturated heterocycles. The van der Waals surface area contributed by atoms with Crippen LogP contribution in [0.4, 0.5) is 0 Å². The summed E-state index contributed by atoms with van der Waals surface area (Å²) in [6.07, 6.45) is 0. The lowest BCUT2D eigenvalue weighted by atomic mass is 9.88. The van der Waals surface area contributed by atoms with E-state index in [1.54, 1.807) is 60.7 Å². The lowest BCUT2D eigenvalue weighted by Crippen LogP contribution is -2.39. The highest BCUT2D eigenvalue weighted by Gasteiger charge is 2.38. The zero-order chi connectivity index (χ0) is 22.9. The zero-order valence-corrected chi connectivity index (χ0v) is 21.1. The highest BCUT2D eigenvalue weighted by molar-refractivity contribution is 9.12. The SMILES string of the molecule is O=S(=O)(N=C1c2ccccc2C(=NS(=O)(=O)c2ccccc2)C(Br)C1Br)c1ccccc1. The fraction of sp³-hybridized carbons (Fsp3) is 0.0909. The van der Waals surface area contributed by atoms with Gasteiger partial charge in [0.15, 0.2) is 0 Å². The third-order valence-corrected chi connectivity index (χ3v) is 10.0. The molecule has 0 aromatic heterocycles. The number of hydrogen-bond acceptors (Lipinski definition) is 4. The van der Waals surface area contributed by atoms with Crippen molar-refractivity contribution in [3.63, 3.8) is 0 Å². The topological polar surface area (TPSA) is 93.0 Å². The molecule has 3 aromatic rings. The van der Waals surface area contributed by atoms with E-state index in [-0.39, 0.29) is 21.2 Å². The van der Waals surface area contributed by atoms with Crippen LogP contribution in [0.25, 0.3) is 0 Å². The highest BCUT2D eigenvalue weighted by Crippen LogP contribution is 2.34. The number of rotatable bonds is 4. The van der Waals surface area contributed by atoms with E-state index in [4.69, 9.17) is 0 Å². The predicted octanol–water partition coefficient (Wildman–Crippen LogP) is 4.58. The van der Waals surface area contributed by atoms with E-state index >= 15 is 0 Å². The fourth-order valence-electron chi connectivity index (χ4n) is 3.25. The van der Waals surface area contributed by atoms with Crippen molar-refractivity contribution in [1.82, 2.24) is 0 Å². The zero-order valence-electron chi connectivity index (χ0n) is 16.3. The van der Waals surface area contributed by atoms with Gasteiger partial charge in [-0.15, -0.1) is 0 Å². The fourth-order valence-corrected chi connectivity index (χ4v) is 6.88. The van der Waals surface area contributed by atoms with Gasteiger partial charge in [0, 0.05) is 11.1 Å². The van der Waals surface area contributed by atoms with E-state index in [1.165, 1.54) is 24.3 Å². The van der Waals surface area contributed by atoms with Crippen molar-refractivity contribution in [2.24, 2.45) is 8.80 Å². The number of halogens is 2. The summed E-state index contributed by atoms with van der Waals surface area (Å²) in [5, 5.41) is 0. The predicted molar refractivity (Wildman–Crippen MR) is 132 cm³/mol. The van der Waals surface area contributed by atoms with Crippen LogP contribution in [0, 0.1) is 0 Å². The van der Waals surface area contributed by atoms with Crippen molar-refractivity contribution in [3.8, 4) is 0 Å². The van der Waals surface area contributed by atoms with Gasteiger partial charge in [-0.1, -0.05) is 92.5 Å². The molecule has 6 nitrogen and oxygen atoms in total. The third kappa shape index (κ3) is 4.50. The summed E-state index contributed by atoms with van der Waals surface area (Å²) < 4.78 is 59.8. The first-order chi connectivity index (χ1) is 15.2. The van der Waals surface area contributed by atoms with E-state index < -0.39 is 29.7 Å². The summed E-state index contributed by atoms with van der Waals surface area (Å²) in [7, 11) is -7.95. The molecule has 10 heteroatoms. The number of nitrogens with zero attached hydrogens (tertiary/aromatic N) is 2. The normalized spacial score (nSPS) is 21.4. The minimum atomic E-state index is -3.98. The second kappa shape index (κ2) is 9.01. The van der Waals surface area contributed by atoms with Crippen molar-refractivity contribution in [3.05, 3.63) is 96.1 Å². The molecule has 0 radical (unpaired) electrons. The van der Waals surface area contributed by atoms with E-state index in [9.17, 15) is 16.8 Å². The van der Waals surface area contributed by atoms with Crippen LogP contribution < -0.4 is 0 Å². The molecule has 0 fully saturated rings. The molecule has 0 aliphatic heterocycles. The van der Waals surface area contributed by atoms with Crippen molar-refractivity contribution >= 4 is 63.3 Å². The lowest BCUT2D eigenvalue weighted by molar-refractivity contribution is 0.596. The van der Waals surface area contributed by atoms with Crippen molar-refractivity contribution < 1.29 is 16.8 Å². The van der Waals surface area contributed by atoms with Gasteiger partial charge in [-0.05, 0) is 24.3 Å². The Morgan fingerprint density at radius 2 is 0.844 bits per heavy atom. The monoisotopic (exact) mass is 594 g/mol. The molecule has 0 bridgehead atoms. The van der Waals surface area contributed by atoms with Gasteiger partial charge in [0.1, 0.15) is 0 Å². The number of sulfonamides is 2. The molecule has 0 heterocycles. The number of hydrogen-bond donors (Lipinski definition) is 0. The summed E-state index contributed by atoms with van der Waals surface area (Å²) in [4.78, 5) is -1.13. The van der Waals surface area contributed by atoms with E-state index in [0.29, 0.717) is 11.1 Å². The Kier molecular flexibility index (Phi) is 6.49. The van der Waals surface area contributed by atoms with Crippen LogP contribution >= 0.6 is 31.9 Å². The molecule has 3 aromatic carbocycles. The highest BCUT2D eigenvalue weighted by atomic mass is 79.9. The van der Waals surface area contributed by atoms with Crippen LogP contribution in [-0.4, -0.2) is 37.9 Å². The molecule has 2 unspecified atom stereocenters. The number of benzene rings is 3. The van der Waals surface area contributed by atoms with E-state index in [2.05, 4.69) is 40.7 Å². The molecule has 0 saturated carbocycles. The van der Waals surface area contributed by atoms with E-state index in [0.717, 1.165) is 0 Å². The van der Waals surface area contributed by atoms with Crippen LogP contribution in [0.5, 0.6) is 0 Å². The molecule has 1 aliphatic carbocycles. The van der Waals surface area contributed by atoms with Crippen molar-refractivity contribution in [2.75, 3.05) is 0 Å². The van der Waals surface area contributed by atoms with Crippen LogP contribution in [0.15, 0.2) is 104 Å². The van der Waals surface area contributed by atoms with Crippen LogP contribution in [0.3, 0.4) is 0 Å². The summed E-state index contributed by atoms with van der Waals surface area (Å²) in [6.45, 7) is 0. The Labute approximate surface area is 203 Å². The number of alkyl halides is 2. The van der Waals surface area contributed by atoms with Gasteiger partial charge in [0.2, 0.25) is 0 Å². The van der Waals surface area contributed by atoms with Gasteiger partial charge < -0.3 is 0 Å². The smallest absolute Gasteiger partial charge is 0.199 e. The molecular formula is C22H16Br2N2O4S2. The summed E-state index contributed by atoms with van der Waals surface area (Å²) in [5.41, 5.74) is 1.52. The standard InChI is InChI=1S/C22H16Br2N2O4S2/c23-19-20(24)22(26-32(29,30)16-11-5-2-6-12-16)18-14-8-7-13-17(18)21(19)25-31(27,28)15-9-3-1-4-10-15/h1-14,19-20H. The Balaban J connectivity index is 1.88. The summed E-state index contributed by atoms with van der Waals surface area (Å²) in [6, 6.07) is 22.7. The Hall–Kier alpha value is -2.14. The first-order valence-corrected chi connectivity index (χ1v) is 14.1. The van der Waals surface area contributed by atoms with Gasteiger partial charge in [-0.25, -0.2) is 0 Å². The summed E-state index contributed by atoms with van der Waals surface area (Å²) in [5.74, 6) is 0. The van der Waals surface area contributed by atoms with Crippen molar-refractivity contribution in [1.29, 1.82) is 0 Å². The molecule has 32 heavy (non-hydrogen) atoms. The Morgan fingerprint density at radius 1 is 0.531 bits per heavy atom. The minimum absolute atomic E-state index is 0.0712. The second-order valence-corrected chi connectivity index (χ2v) is 12.1. The first kappa shape index (κ1) is 23.0. The average molecular weight is 596 g/mol. The van der Waals surface area contributed by atoms with Crippen molar-refractivity contribution in [2.45, 2.75) is 19.4 Å². The largest absolute Gasteiger partial charge is 0.282 e. The molecule has 0 spiro atoms. The molecule has 1 aliphatic rings. The third-order valence-electron chi connectivity index (χ3n) is 4.78. The van der Waals surface area contributed by atoms with Gasteiger partial charge in [-0.3, -0.25) is 0 Å². The average Bonchev–Trinajstić information content (AvgIpc) is 2.81. The van der Waals surface area contributed by atoms with Crippen LogP contribution in [0.2, 0.25) is 0 Å². The lowest BCUT2D eigenvalue weighted by Gasteiger charge is -2.28.